The molecule has 2 aromatic heterocycles. The van der Waals surface area contributed by atoms with Crippen LogP contribution in [0.2, 0.25) is 0 Å². The molecule has 0 amide bonds. The van der Waals surface area contributed by atoms with Gasteiger partial charge in [-0.1, -0.05) is 6.07 Å². The van der Waals surface area contributed by atoms with E-state index in [1.54, 1.807) is 12.1 Å². The SMILES string of the molecule is O=C(c1cc(NS(=O)(=O)c2cccc(OC(F)(F)F)c2)ccc1F)c1c[nH]c2ncccc12. The molecule has 2 heterocycles. The normalized spacial score (nSPS) is 12.0. The second-order valence-corrected chi connectivity index (χ2v) is 8.44. The van der Waals surface area contributed by atoms with Gasteiger partial charge in [0.15, 0.2) is 5.78 Å². The van der Waals surface area contributed by atoms with Crippen LogP contribution in [0.3, 0.4) is 0 Å². The minimum Gasteiger partial charge on any atom is -0.406 e. The molecule has 4 aromatic rings. The van der Waals surface area contributed by atoms with Crippen molar-refractivity contribution in [2.24, 2.45) is 0 Å². The molecule has 7 nitrogen and oxygen atoms in total. The minimum absolute atomic E-state index is 0.133. The van der Waals surface area contributed by atoms with E-state index in [2.05, 4.69) is 19.4 Å². The molecule has 0 saturated carbocycles. The monoisotopic (exact) mass is 479 g/mol. The van der Waals surface area contributed by atoms with E-state index in [-0.39, 0.29) is 11.3 Å². The van der Waals surface area contributed by atoms with Crippen LogP contribution in [0.5, 0.6) is 5.75 Å². The number of hydrogen-bond acceptors (Lipinski definition) is 5. The van der Waals surface area contributed by atoms with Gasteiger partial charge in [0.05, 0.1) is 10.5 Å². The van der Waals surface area contributed by atoms with E-state index >= 15 is 0 Å². The van der Waals surface area contributed by atoms with Crippen LogP contribution in [0.1, 0.15) is 15.9 Å². The maximum atomic E-state index is 14.4. The summed E-state index contributed by atoms with van der Waals surface area (Å²) in [5, 5.41) is 0.453. The van der Waals surface area contributed by atoms with Crippen molar-refractivity contribution in [2.75, 3.05) is 4.72 Å². The lowest BCUT2D eigenvalue weighted by molar-refractivity contribution is -0.274. The third kappa shape index (κ3) is 4.80. The molecule has 0 atom stereocenters. The molecule has 4 rings (SSSR count). The number of aromatic nitrogens is 2. The van der Waals surface area contributed by atoms with Crippen LogP contribution < -0.4 is 9.46 Å². The summed E-state index contributed by atoms with van der Waals surface area (Å²) in [7, 11) is -4.38. The molecule has 0 radical (unpaired) electrons. The Kier molecular flexibility index (Phi) is 5.54. The maximum absolute atomic E-state index is 14.4. The van der Waals surface area contributed by atoms with Crippen molar-refractivity contribution in [3.05, 3.63) is 83.9 Å². The third-order valence-electron chi connectivity index (χ3n) is 4.51. The number of H-pyrrole nitrogens is 1. The Labute approximate surface area is 184 Å². The van der Waals surface area contributed by atoms with Gasteiger partial charge in [-0.15, -0.1) is 13.2 Å². The number of carbonyl (C=O) groups is 1. The number of halogens is 4. The fourth-order valence-electron chi connectivity index (χ4n) is 3.10. The van der Waals surface area contributed by atoms with Gasteiger partial charge in [0.25, 0.3) is 10.0 Å². The van der Waals surface area contributed by atoms with Crippen molar-refractivity contribution in [3.8, 4) is 5.75 Å². The molecule has 170 valence electrons. The molecule has 2 aromatic carbocycles. The van der Waals surface area contributed by atoms with Crippen LogP contribution in [0, 0.1) is 5.82 Å². The standard InChI is InChI=1S/C21H13F4N3O4S/c22-18-7-6-12(9-16(18)19(29)17-11-27-20-15(17)5-2-8-26-20)28-33(30,31)14-4-1-3-13(10-14)32-21(23,24)25/h1-11,28H,(H,26,27). The van der Waals surface area contributed by atoms with Crippen LogP contribution >= 0.6 is 0 Å². The first-order valence-electron chi connectivity index (χ1n) is 9.18. The Balaban J connectivity index is 1.64. The smallest absolute Gasteiger partial charge is 0.406 e. The van der Waals surface area contributed by atoms with Crippen LogP contribution in [0.25, 0.3) is 11.0 Å². The minimum atomic E-state index is -5.00. The van der Waals surface area contributed by atoms with Crippen molar-refractivity contribution in [1.29, 1.82) is 0 Å². The highest BCUT2D eigenvalue weighted by Gasteiger charge is 2.31. The number of carbonyl (C=O) groups excluding carboxylic acids is 1. The molecule has 0 bridgehead atoms. The molecular weight excluding hydrogens is 466 g/mol. The molecule has 0 saturated heterocycles. The van der Waals surface area contributed by atoms with Crippen molar-refractivity contribution in [3.63, 3.8) is 0 Å². The first-order valence-corrected chi connectivity index (χ1v) is 10.7. The number of anilines is 1. The maximum Gasteiger partial charge on any atom is 0.573 e. The average Bonchev–Trinajstić information content (AvgIpc) is 3.18. The van der Waals surface area contributed by atoms with E-state index in [1.165, 1.54) is 12.4 Å². The molecule has 2 N–H and O–H groups in total. The van der Waals surface area contributed by atoms with Gasteiger partial charge < -0.3 is 9.72 Å². The molecule has 12 heteroatoms. The van der Waals surface area contributed by atoms with Crippen LogP contribution in [0.15, 0.2) is 71.9 Å². The number of fused-ring (bicyclic) bond motifs is 1. The van der Waals surface area contributed by atoms with E-state index in [4.69, 9.17) is 0 Å². The highest BCUT2D eigenvalue weighted by molar-refractivity contribution is 7.92. The fourth-order valence-corrected chi connectivity index (χ4v) is 4.19. The second-order valence-electron chi connectivity index (χ2n) is 6.75. The van der Waals surface area contributed by atoms with Crippen LogP contribution in [-0.2, 0) is 10.0 Å². The van der Waals surface area contributed by atoms with Gasteiger partial charge in [0, 0.05) is 35.1 Å². The summed E-state index contributed by atoms with van der Waals surface area (Å²) in [5.41, 5.74) is -0.0259. The molecule has 33 heavy (non-hydrogen) atoms. The molecule has 0 spiro atoms. The van der Waals surface area contributed by atoms with Crippen molar-refractivity contribution >= 4 is 32.5 Å². The van der Waals surface area contributed by atoms with Gasteiger partial charge in [-0.25, -0.2) is 17.8 Å². The topological polar surface area (TPSA) is 101 Å². The number of pyridine rings is 1. The van der Waals surface area contributed by atoms with Gasteiger partial charge in [0.2, 0.25) is 0 Å². The lowest BCUT2D eigenvalue weighted by Gasteiger charge is -2.12. The van der Waals surface area contributed by atoms with Crippen molar-refractivity contribution in [2.45, 2.75) is 11.3 Å². The van der Waals surface area contributed by atoms with E-state index < -0.39 is 44.2 Å². The first-order chi connectivity index (χ1) is 15.5. The number of alkyl halides is 3. The lowest BCUT2D eigenvalue weighted by Crippen LogP contribution is -2.18. The molecule has 0 aliphatic heterocycles. The van der Waals surface area contributed by atoms with Crippen LogP contribution in [0.4, 0.5) is 23.2 Å². The van der Waals surface area contributed by atoms with Gasteiger partial charge in [-0.2, -0.15) is 0 Å². The Morgan fingerprint density at radius 2 is 1.82 bits per heavy atom. The summed E-state index contributed by atoms with van der Waals surface area (Å²) in [5.74, 6) is -2.33. The summed E-state index contributed by atoms with van der Waals surface area (Å²) >= 11 is 0. The summed E-state index contributed by atoms with van der Waals surface area (Å²) in [4.78, 5) is 19.2. The number of nitrogens with one attached hydrogen (secondary N) is 2. The first kappa shape index (κ1) is 22.3. The van der Waals surface area contributed by atoms with E-state index in [0.29, 0.717) is 17.1 Å². The molecule has 0 aliphatic carbocycles. The number of nitrogens with zero attached hydrogens (tertiary/aromatic N) is 1. The number of ketones is 1. The average molecular weight is 479 g/mol. The number of aromatic amines is 1. The zero-order chi connectivity index (χ0) is 23.8. The van der Waals surface area contributed by atoms with Gasteiger partial charge >= 0.3 is 6.36 Å². The number of hydrogen-bond donors (Lipinski definition) is 2. The summed E-state index contributed by atoms with van der Waals surface area (Å²) in [6.45, 7) is 0. The predicted octanol–water partition coefficient (Wildman–Crippen LogP) is 4.63. The summed E-state index contributed by atoms with van der Waals surface area (Å²) in [6.07, 6.45) is -2.12. The fraction of sp³-hybridized carbons (Fsp3) is 0.0476. The molecule has 0 unspecified atom stereocenters. The van der Waals surface area contributed by atoms with E-state index in [9.17, 15) is 30.8 Å². The third-order valence-corrected chi connectivity index (χ3v) is 5.89. The Morgan fingerprint density at radius 1 is 1.03 bits per heavy atom. The molecule has 0 fully saturated rings. The highest BCUT2D eigenvalue weighted by atomic mass is 32.2. The van der Waals surface area contributed by atoms with Crippen LogP contribution in [-0.4, -0.2) is 30.5 Å². The van der Waals surface area contributed by atoms with Gasteiger partial charge in [0.1, 0.15) is 17.2 Å². The van der Waals surface area contributed by atoms with E-state index in [1.807, 2.05) is 0 Å². The zero-order valence-corrected chi connectivity index (χ0v) is 17.2. The molecule has 0 aliphatic rings. The number of benzene rings is 2. The zero-order valence-electron chi connectivity index (χ0n) is 16.4. The Hall–Kier alpha value is -3.93. The predicted molar refractivity (Wildman–Crippen MR) is 110 cm³/mol. The number of rotatable bonds is 6. The highest BCUT2D eigenvalue weighted by Crippen LogP contribution is 2.27. The molecular formula is C21H13F4N3O4S. The Morgan fingerprint density at radius 3 is 2.58 bits per heavy atom. The van der Waals surface area contributed by atoms with Gasteiger partial charge in [-0.3, -0.25) is 9.52 Å². The number of ether oxygens (including phenoxy) is 1. The van der Waals surface area contributed by atoms with E-state index in [0.717, 1.165) is 36.4 Å². The largest absolute Gasteiger partial charge is 0.573 e. The van der Waals surface area contributed by atoms with Crippen molar-refractivity contribution in [1.82, 2.24) is 9.97 Å². The summed E-state index contributed by atoms with van der Waals surface area (Å²) < 4.78 is 82.9. The van der Waals surface area contributed by atoms with Gasteiger partial charge in [-0.05, 0) is 42.5 Å². The summed E-state index contributed by atoms with van der Waals surface area (Å²) in [6, 6.07) is 9.96. The quantitative estimate of drug-likeness (QED) is 0.310. The Bertz CT molecular complexity index is 1470. The lowest BCUT2D eigenvalue weighted by atomic mass is 10.0. The van der Waals surface area contributed by atoms with Crippen molar-refractivity contribution < 1.29 is 35.5 Å². The number of sulfonamides is 1. The second kappa shape index (κ2) is 8.20.